The van der Waals surface area contributed by atoms with E-state index >= 15 is 0 Å². The van der Waals surface area contributed by atoms with Crippen LogP contribution in [0.5, 0.6) is 23.0 Å². The molecule has 0 aromatic heterocycles. The molecule has 2 N–H and O–H groups in total. The monoisotopic (exact) mass is 502 g/mol. The highest BCUT2D eigenvalue weighted by Gasteiger charge is 2.41. The molecule has 2 aromatic carbocycles. The molecule has 2 aromatic rings. The minimum atomic E-state index is -0.907. The third kappa shape index (κ3) is 4.07. The zero-order valence-corrected chi connectivity index (χ0v) is 20.1. The summed E-state index contributed by atoms with van der Waals surface area (Å²) in [6.07, 6.45) is 0. The second-order valence-corrected chi connectivity index (χ2v) is 9.47. The van der Waals surface area contributed by atoms with Crippen molar-refractivity contribution in [3.8, 4) is 23.0 Å². The molecule has 178 valence electrons. The van der Waals surface area contributed by atoms with Gasteiger partial charge in [-0.25, -0.2) is 0 Å². The average molecular weight is 503 g/mol. The topological polar surface area (TPSA) is 112 Å². The summed E-state index contributed by atoms with van der Waals surface area (Å²) < 4.78 is 21.6. The predicted octanol–water partition coefficient (Wildman–Crippen LogP) is 5.00. The predicted molar refractivity (Wildman–Crippen MR) is 126 cm³/mol. The van der Waals surface area contributed by atoms with Gasteiger partial charge in [-0.2, -0.15) is 0 Å². The molecule has 0 saturated carbocycles. The van der Waals surface area contributed by atoms with Gasteiger partial charge in [0.05, 0.1) is 23.0 Å². The highest BCUT2D eigenvalue weighted by Crippen LogP contribution is 2.57. The smallest absolute Gasteiger partial charge is 0.321 e. The van der Waals surface area contributed by atoms with Gasteiger partial charge in [0.2, 0.25) is 0 Å². The van der Waals surface area contributed by atoms with Gasteiger partial charge in [0, 0.05) is 11.1 Å². The number of carbonyl (C=O) groups excluding carboxylic acids is 2. The Bertz CT molecular complexity index is 1110. The van der Waals surface area contributed by atoms with Crippen molar-refractivity contribution >= 4 is 33.5 Å². The number of phenols is 2. The zero-order valence-electron chi connectivity index (χ0n) is 18.5. The first kappa shape index (κ1) is 23.9. The fourth-order valence-electron chi connectivity index (χ4n) is 3.80. The fraction of sp³-hybridized carbons (Fsp3) is 0.250. The van der Waals surface area contributed by atoms with E-state index in [1.54, 1.807) is 26.0 Å². The minimum Gasteiger partial charge on any atom is -0.507 e. The number of esters is 2. The number of hydrogen-bond donors (Lipinski definition) is 2. The van der Waals surface area contributed by atoms with Crippen LogP contribution in [-0.4, -0.2) is 35.4 Å². The normalized spacial score (nSPS) is 18.1. The van der Waals surface area contributed by atoms with E-state index in [2.05, 4.69) is 13.2 Å². The van der Waals surface area contributed by atoms with Gasteiger partial charge in [0.25, 0.3) is 0 Å². The lowest BCUT2D eigenvalue weighted by Crippen LogP contribution is -2.16. The molecule has 0 fully saturated rings. The highest BCUT2D eigenvalue weighted by atomic mass is 33.1. The number of rotatable bonds is 7. The summed E-state index contributed by atoms with van der Waals surface area (Å²) >= 11 is 0. The number of ether oxygens (including phenoxy) is 4. The van der Waals surface area contributed by atoms with E-state index in [-0.39, 0.29) is 36.2 Å². The zero-order chi connectivity index (χ0) is 24.6. The lowest BCUT2D eigenvalue weighted by Gasteiger charge is -2.16. The molecule has 8 nitrogen and oxygen atoms in total. The third-order valence-corrected chi connectivity index (χ3v) is 7.75. The van der Waals surface area contributed by atoms with E-state index in [1.807, 2.05) is 0 Å². The Morgan fingerprint density at radius 1 is 0.824 bits per heavy atom. The summed E-state index contributed by atoms with van der Waals surface area (Å²) in [7, 11) is 2.19. The van der Waals surface area contributed by atoms with Crippen LogP contribution in [0.25, 0.3) is 0 Å². The Morgan fingerprint density at radius 3 is 1.56 bits per heavy atom. The summed E-state index contributed by atoms with van der Waals surface area (Å²) in [6, 6.07) is 6.00. The van der Waals surface area contributed by atoms with Crippen molar-refractivity contribution in [2.24, 2.45) is 0 Å². The molecule has 4 rings (SSSR count). The molecule has 2 aliphatic heterocycles. The van der Waals surface area contributed by atoms with Crippen LogP contribution in [0.4, 0.5) is 0 Å². The molecule has 2 unspecified atom stereocenters. The van der Waals surface area contributed by atoms with Gasteiger partial charge in [-0.15, -0.1) is 0 Å². The number of hydrogen-bond acceptors (Lipinski definition) is 10. The van der Waals surface area contributed by atoms with Crippen LogP contribution in [0.1, 0.15) is 36.8 Å². The average Bonchev–Trinajstić information content (AvgIpc) is 3.30. The Kier molecular flexibility index (Phi) is 6.72. The van der Waals surface area contributed by atoms with Crippen LogP contribution < -0.4 is 9.47 Å². The highest BCUT2D eigenvalue weighted by molar-refractivity contribution is 8.76. The molecular weight excluding hydrogens is 480 g/mol. The van der Waals surface area contributed by atoms with E-state index in [0.29, 0.717) is 32.4 Å². The summed E-state index contributed by atoms with van der Waals surface area (Å²) in [5, 5.41) is 21.3. The number of aromatic hydroxyl groups is 2. The van der Waals surface area contributed by atoms with Gasteiger partial charge in [-0.05, 0) is 59.7 Å². The third-order valence-electron chi connectivity index (χ3n) is 5.23. The van der Waals surface area contributed by atoms with E-state index < -0.39 is 23.8 Å². The first-order valence-corrected chi connectivity index (χ1v) is 12.6. The molecule has 10 heteroatoms. The molecule has 0 saturated heterocycles. The molecule has 0 amide bonds. The summed E-state index contributed by atoms with van der Waals surface area (Å²) in [5.74, 6) is -1.91. The van der Waals surface area contributed by atoms with E-state index in [9.17, 15) is 19.8 Å². The van der Waals surface area contributed by atoms with Crippen molar-refractivity contribution in [3.63, 3.8) is 0 Å². The van der Waals surface area contributed by atoms with Crippen LogP contribution >= 0.6 is 21.6 Å². The summed E-state index contributed by atoms with van der Waals surface area (Å²) in [4.78, 5) is 25.9. The maximum Gasteiger partial charge on any atom is 0.321 e. The number of benzene rings is 2. The van der Waals surface area contributed by atoms with Gasteiger partial charge in [0.1, 0.15) is 46.4 Å². The maximum absolute atomic E-state index is 12.6. The van der Waals surface area contributed by atoms with Crippen LogP contribution in [0, 0.1) is 0 Å². The van der Waals surface area contributed by atoms with Gasteiger partial charge in [-0.3, -0.25) is 9.59 Å². The molecule has 0 spiro atoms. The maximum atomic E-state index is 12.6. The first-order valence-electron chi connectivity index (χ1n) is 10.4. The van der Waals surface area contributed by atoms with Crippen molar-refractivity contribution in [1.82, 2.24) is 0 Å². The fourth-order valence-corrected chi connectivity index (χ4v) is 6.44. The quantitative estimate of drug-likeness (QED) is 0.396. The van der Waals surface area contributed by atoms with E-state index in [4.69, 9.17) is 18.9 Å². The standard InChI is InChI=1S/C24H22O8S2/c1-5-29-23(27)17-11(3)31-15-9-7-13(25)21(19(15)17)33-34-22-14(26)8-10-16-20(22)18(12(4)32-16)24(28)30-6-2/h7-10,17-18,25-26H,3-6H2,1-2H3. The molecule has 0 bridgehead atoms. The molecule has 0 radical (unpaired) electrons. The van der Waals surface area contributed by atoms with E-state index in [0.717, 1.165) is 21.6 Å². The number of phenolic OH excluding ortho intramolecular Hbond substituents is 2. The van der Waals surface area contributed by atoms with Crippen molar-refractivity contribution in [2.45, 2.75) is 35.5 Å². The molecule has 2 aliphatic rings. The first-order chi connectivity index (χ1) is 16.3. The molecule has 0 aliphatic carbocycles. The number of fused-ring (bicyclic) bond motifs is 2. The molecule has 34 heavy (non-hydrogen) atoms. The van der Waals surface area contributed by atoms with Crippen LogP contribution in [0.2, 0.25) is 0 Å². The minimum absolute atomic E-state index is 0.0847. The van der Waals surface area contributed by atoms with Crippen molar-refractivity contribution in [3.05, 3.63) is 60.1 Å². The Hall–Kier alpha value is -3.24. The molecule has 2 heterocycles. The van der Waals surface area contributed by atoms with Gasteiger partial charge in [0.15, 0.2) is 0 Å². The molecule has 2 atom stereocenters. The van der Waals surface area contributed by atoms with Crippen LogP contribution in [0.15, 0.2) is 58.7 Å². The Morgan fingerprint density at radius 2 is 1.21 bits per heavy atom. The lowest BCUT2D eigenvalue weighted by atomic mass is 9.99. The summed E-state index contributed by atoms with van der Waals surface area (Å²) in [5.41, 5.74) is 0.853. The second-order valence-electron chi connectivity index (χ2n) is 7.32. The Balaban J connectivity index is 1.72. The molecular formula is C24H22O8S2. The lowest BCUT2D eigenvalue weighted by molar-refractivity contribution is -0.145. The Labute approximate surface area is 203 Å². The van der Waals surface area contributed by atoms with Crippen LogP contribution in [-0.2, 0) is 19.1 Å². The van der Waals surface area contributed by atoms with Crippen molar-refractivity contribution in [1.29, 1.82) is 0 Å². The van der Waals surface area contributed by atoms with Crippen molar-refractivity contribution in [2.75, 3.05) is 13.2 Å². The largest absolute Gasteiger partial charge is 0.507 e. The van der Waals surface area contributed by atoms with Gasteiger partial charge >= 0.3 is 11.9 Å². The number of carbonyl (C=O) groups is 2. The van der Waals surface area contributed by atoms with Crippen LogP contribution in [0.3, 0.4) is 0 Å². The summed E-state index contributed by atoms with van der Waals surface area (Å²) in [6.45, 7) is 11.4. The SMILES string of the molecule is C=C1Oc2ccc(O)c(SSc3c(O)ccc4c3C(C(=O)OCC)C(=C)O4)c2C1C(=O)OCC. The van der Waals surface area contributed by atoms with Gasteiger partial charge in [-0.1, -0.05) is 13.2 Å². The van der Waals surface area contributed by atoms with Gasteiger partial charge < -0.3 is 29.2 Å². The van der Waals surface area contributed by atoms with E-state index in [1.165, 1.54) is 12.1 Å². The van der Waals surface area contributed by atoms with Crippen molar-refractivity contribution < 1.29 is 38.7 Å². The second kappa shape index (κ2) is 9.55.